The van der Waals surface area contributed by atoms with Crippen molar-refractivity contribution in [1.29, 1.82) is 0 Å². The monoisotopic (exact) mass is 376 g/mol. The number of fused-ring (bicyclic) bond motifs is 2. The molecule has 134 valence electrons. The fourth-order valence-electron chi connectivity index (χ4n) is 2.95. The van der Waals surface area contributed by atoms with Crippen molar-refractivity contribution in [3.05, 3.63) is 58.6 Å². The van der Waals surface area contributed by atoms with E-state index in [1.165, 1.54) is 11.3 Å². The highest BCUT2D eigenvalue weighted by molar-refractivity contribution is 7.16. The smallest absolute Gasteiger partial charge is 0.315 e. The minimum Gasteiger partial charge on any atom is -0.493 e. The minimum absolute atomic E-state index is 0.162. The number of hydrogen-bond donors (Lipinski definition) is 0. The van der Waals surface area contributed by atoms with Gasteiger partial charge in [-0.1, -0.05) is 35.5 Å². The maximum atomic E-state index is 12.7. The van der Waals surface area contributed by atoms with Crippen molar-refractivity contribution in [1.82, 2.24) is 4.57 Å². The molecule has 0 aliphatic carbocycles. The summed E-state index contributed by atoms with van der Waals surface area (Å²) < 4.78 is 13.9. The lowest BCUT2D eigenvalue weighted by atomic mass is 10.2. The van der Waals surface area contributed by atoms with E-state index in [-0.39, 0.29) is 5.76 Å². The number of aryl methyl sites for hydroxylation is 1. The molecule has 2 aromatic heterocycles. The van der Waals surface area contributed by atoms with Crippen LogP contribution in [-0.2, 0) is 6.54 Å². The summed E-state index contributed by atoms with van der Waals surface area (Å²) in [6.07, 6.45) is 5.51. The van der Waals surface area contributed by atoms with Gasteiger partial charge in [0.15, 0.2) is 21.9 Å². The number of para-hydroxylation sites is 1. The van der Waals surface area contributed by atoms with Crippen molar-refractivity contribution < 1.29 is 13.9 Å². The highest BCUT2D eigenvalue weighted by Gasteiger charge is 2.15. The molecule has 27 heavy (non-hydrogen) atoms. The van der Waals surface area contributed by atoms with Crippen LogP contribution in [0.1, 0.15) is 16.1 Å². The number of methoxy groups -OCH3 is 1. The number of aromatic nitrogens is 1. The third-order valence-corrected chi connectivity index (χ3v) is 5.26. The molecule has 0 unspecified atom stereocenters. The zero-order valence-electron chi connectivity index (χ0n) is 14.9. The second-order valence-electron chi connectivity index (χ2n) is 6.05. The van der Waals surface area contributed by atoms with Gasteiger partial charge in [0.2, 0.25) is 0 Å². The number of carbonyl (C=O) groups is 1. The molecule has 0 spiro atoms. The number of rotatable bonds is 3. The maximum absolute atomic E-state index is 12.7. The maximum Gasteiger partial charge on any atom is 0.315 e. The van der Waals surface area contributed by atoms with Gasteiger partial charge in [-0.15, -0.1) is 6.42 Å². The predicted molar refractivity (Wildman–Crippen MR) is 106 cm³/mol. The van der Waals surface area contributed by atoms with Gasteiger partial charge in [0.05, 0.1) is 23.9 Å². The topological polar surface area (TPSA) is 56.7 Å². The number of amides is 1. The zero-order chi connectivity index (χ0) is 19.0. The number of thiazole rings is 1. The van der Waals surface area contributed by atoms with Crippen molar-refractivity contribution in [3.8, 4) is 18.1 Å². The molecule has 0 saturated carbocycles. The van der Waals surface area contributed by atoms with Crippen LogP contribution >= 0.6 is 11.3 Å². The van der Waals surface area contributed by atoms with Gasteiger partial charge in [-0.05, 0) is 36.8 Å². The zero-order valence-corrected chi connectivity index (χ0v) is 15.7. The third kappa shape index (κ3) is 3.03. The van der Waals surface area contributed by atoms with Crippen LogP contribution in [0.3, 0.4) is 0 Å². The van der Waals surface area contributed by atoms with E-state index in [9.17, 15) is 4.79 Å². The number of benzene rings is 2. The highest BCUT2D eigenvalue weighted by atomic mass is 32.1. The molecular formula is C21H16N2O3S. The number of ether oxygens (including phenoxy) is 1. The first-order valence-electron chi connectivity index (χ1n) is 8.30. The standard InChI is InChI=1S/C21H16N2O3S/c1-4-10-23-15-9-8-13(2)11-18(15)27-21(23)22-20(24)17-12-14-6-5-7-16(25-3)19(14)26-17/h1,5-9,11-12H,10H2,2-3H3. The normalized spacial score (nSPS) is 11.8. The number of nitrogens with zero attached hydrogens (tertiary/aromatic N) is 2. The molecule has 0 aliphatic heterocycles. The van der Waals surface area contributed by atoms with Crippen LogP contribution in [-0.4, -0.2) is 17.6 Å². The van der Waals surface area contributed by atoms with E-state index in [4.69, 9.17) is 15.6 Å². The molecule has 4 rings (SSSR count). The summed E-state index contributed by atoms with van der Waals surface area (Å²) >= 11 is 1.43. The van der Waals surface area contributed by atoms with Crippen molar-refractivity contribution in [2.45, 2.75) is 13.5 Å². The van der Waals surface area contributed by atoms with Crippen molar-refractivity contribution in [2.24, 2.45) is 4.99 Å². The largest absolute Gasteiger partial charge is 0.493 e. The first-order valence-corrected chi connectivity index (χ1v) is 9.11. The predicted octanol–water partition coefficient (Wildman–Crippen LogP) is 4.14. The summed E-state index contributed by atoms with van der Waals surface area (Å²) in [6, 6.07) is 13.2. The molecule has 1 amide bonds. The molecule has 0 fully saturated rings. The van der Waals surface area contributed by atoms with E-state index in [1.807, 2.05) is 35.8 Å². The molecule has 4 aromatic rings. The molecular weight excluding hydrogens is 360 g/mol. The summed E-state index contributed by atoms with van der Waals surface area (Å²) in [5.74, 6) is 2.91. The average Bonchev–Trinajstić information content (AvgIpc) is 3.23. The molecule has 0 saturated heterocycles. The molecule has 2 aromatic carbocycles. The summed E-state index contributed by atoms with van der Waals surface area (Å²) in [6.45, 7) is 2.36. The van der Waals surface area contributed by atoms with Gasteiger partial charge in [-0.25, -0.2) is 0 Å². The van der Waals surface area contributed by atoms with Crippen molar-refractivity contribution >= 4 is 38.4 Å². The molecule has 2 heterocycles. The van der Waals surface area contributed by atoms with Crippen LogP contribution in [0, 0.1) is 19.3 Å². The van der Waals surface area contributed by atoms with Crippen LogP contribution in [0.2, 0.25) is 0 Å². The van der Waals surface area contributed by atoms with Gasteiger partial charge in [0.1, 0.15) is 0 Å². The van der Waals surface area contributed by atoms with Crippen LogP contribution < -0.4 is 9.54 Å². The fourth-order valence-corrected chi connectivity index (χ4v) is 4.08. The number of carbonyl (C=O) groups excluding carboxylic acids is 1. The van der Waals surface area contributed by atoms with Crippen LogP contribution in [0.4, 0.5) is 0 Å². The average molecular weight is 376 g/mol. The van der Waals surface area contributed by atoms with Crippen molar-refractivity contribution in [2.75, 3.05) is 7.11 Å². The Kier molecular flexibility index (Phi) is 4.30. The quantitative estimate of drug-likeness (QED) is 0.505. The summed E-state index contributed by atoms with van der Waals surface area (Å²) in [7, 11) is 1.56. The lowest BCUT2D eigenvalue weighted by molar-refractivity contribution is 0.0973. The van der Waals surface area contributed by atoms with E-state index in [0.29, 0.717) is 22.7 Å². The highest BCUT2D eigenvalue weighted by Crippen LogP contribution is 2.28. The van der Waals surface area contributed by atoms with Gasteiger partial charge in [0, 0.05) is 5.39 Å². The SMILES string of the molecule is C#CCn1c(=NC(=O)c2cc3cccc(OC)c3o2)sc2cc(C)ccc21. The molecule has 5 nitrogen and oxygen atoms in total. The Balaban J connectivity index is 1.85. The molecule has 0 bridgehead atoms. The van der Waals surface area contributed by atoms with E-state index >= 15 is 0 Å². The third-order valence-electron chi connectivity index (χ3n) is 4.22. The van der Waals surface area contributed by atoms with Gasteiger partial charge in [-0.2, -0.15) is 4.99 Å². The minimum atomic E-state index is -0.456. The van der Waals surface area contributed by atoms with Crippen LogP contribution in [0.25, 0.3) is 21.2 Å². The number of furan rings is 1. The Hall–Kier alpha value is -3.30. The van der Waals surface area contributed by atoms with Crippen LogP contribution in [0.5, 0.6) is 5.75 Å². The van der Waals surface area contributed by atoms with Gasteiger partial charge >= 0.3 is 5.91 Å². The van der Waals surface area contributed by atoms with E-state index in [2.05, 4.69) is 17.0 Å². The molecule has 0 aliphatic rings. The molecule has 0 atom stereocenters. The lowest BCUT2D eigenvalue weighted by Gasteiger charge is -1.99. The Morgan fingerprint density at radius 1 is 1.33 bits per heavy atom. The van der Waals surface area contributed by atoms with Gasteiger partial charge < -0.3 is 13.7 Å². The second-order valence-corrected chi connectivity index (χ2v) is 7.06. The fraction of sp³-hybridized carbons (Fsp3) is 0.143. The number of hydrogen-bond acceptors (Lipinski definition) is 4. The summed E-state index contributed by atoms with van der Waals surface area (Å²) in [5, 5.41) is 0.788. The van der Waals surface area contributed by atoms with Gasteiger partial charge in [-0.3, -0.25) is 4.79 Å². The molecule has 0 radical (unpaired) electrons. The first-order chi connectivity index (χ1) is 13.1. The first kappa shape index (κ1) is 17.1. The summed E-state index contributed by atoms with van der Waals surface area (Å²) in [4.78, 5) is 17.5. The number of terminal acetylenes is 1. The second kappa shape index (κ2) is 6.78. The Morgan fingerprint density at radius 2 is 2.19 bits per heavy atom. The molecule has 6 heteroatoms. The molecule has 0 N–H and O–H groups in total. The van der Waals surface area contributed by atoms with Crippen LogP contribution in [0.15, 0.2) is 51.9 Å². The summed E-state index contributed by atoms with van der Waals surface area (Å²) in [5.41, 5.74) is 2.63. The van der Waals surface area contributed by atoms with E-state index in [0.717, 1.165) is 21.2 Å². The van der Waals surface area contributed by atoms with E-state index < -0.39 is 5.91 Å². The van der Waals surface area contributed by atoms with E-state index in [1.54, 1.807) is 19.2 Å². The Morgan fingerprint density at radius 3 is 2.96 bits per heavy atom. The Labute approximate surface area is 159 Å². The van der Waals surface area contributed by atoms with Gasteiger partial charge in [0.25, 0.3) is 0 Å². The Bertz CT molecular complexity index is 1280. The lowest BCUT2D eigenvalue weighted by Crippen LogP contribution is -2.16. The van der Waals surface area contributed by atoms with Crippen molar-refractivity contribution in [3.63, 3.8) is 0 Å².